The summed E-state index contributed by atoms with van der Waals surface area (Å²) in [6.45, 7) is 1.05. The van der Waals surface area contributed by atoms with E-state index in [1.807, 2.05) is 6.07 Å². The number of hydrogen-bond donors (Lipinski definition) is 1. The van der Waals surface area contributed by atoms with Crippen LogP contribution in [0.2, 0.25) is 0 Å². The van der Waals surface area contributed by atoms with Gasteiger partial charge in [0.1, 0.15) is 19.0 Å². The maximum absolute atomic E-state index is 12.7. The second-order valence-corrected chi connectivity index (χ2v) is 6.34. The summed E-state index contributed by atoms with van der Waals surface area (Å²) in [4.78, 5) is 12.7. The largest absolute Gasteiger partial charge is 0.497 e. The molecule has 25 heavy (non-hydrogen) atoms. The lowest BCUT2D eigenvalue weighted by atomic mass is 9.87. The van der Waals surface area contributed by atoms with Gasteiger partial charge in [0.05, 0.1) is 13.2 Å². The van der Waals surface area contributed by atoms with Gasteiger partial charge in [0.25, 0.3) is 5.91 Å². The van der Waals surface area contributed by atoms with E-state index in [0.717, 1.165) is 25.0 Å². The highest BCUT2D eigenvalue weighted by Crippen LogP contribution is 2.34. The van der Waals surface area contributed by atoms with Crippen LogP contribution in [0, 0.1) is 0 Å². The first-order valence-corrected chi connectivity index (χ1v) is 8.62. The van der Waals surface area contributed by atoms with Crippen LogP contribution in [0.5, 0.6) is 17.2 Å². The summed E-state index contributed by atoms with van der Waals surface area (Å²) in [6, 6.07) is 11.4. The molecule has 0 fully saturated rings. The highest BCUT2D eigenvalue weighted by Gasteiger charge is 2.23. The van der Waals surface area contributed by atoms with Gasteiger partial charge in [-0.25, -0.2) is 0 Å². The van der Waals surface area contributed by atoms with E-state index in [4.69, 9.17) is 14.2 Å². The molecule has 0 saturated carbocycles. The molecule has 1 aliphatic carbocycles. The molecule has 2 aromatic carbocycles. The molecule has 1 N–H and O–H groups in total. The summed E-state index contributed by atoms with van der Waals surface area (Å²) in [5, 5.41) is 3.16. The SMILES string of the molecule is COc1ccc2c(c1)CCC[C@H]2NC(=O)c1ccc2c(c1)OCCO2. The number of carbonyl (C=O) groups is 1. The molecular weight excluding hydrogens is 318 g/mol. The average Bonchev–Trinajstić information content (AvgIpc) is 2.67. The van der Waals surface area contributed by atoms with Crippen LogP contribution in [0.3, 0.4) is 0 Å². The zero-order valence-electron chi connectivity index (χ0n) is 14.2. The van der Waals surface area contributed by atoms with Crippen LogP contribution in [-0.2, 0) is 6.42 Å². The number of hydrogen-bond acceptors (Lipinski definition) is 4. The predicted molar refractivity (Wildman–Crippen MR) is 93.6 cm³/mol. The van der Waals surface area contributed by atoms with Crippen molar-refractivity contribution < 1.29 is 19.0 Å². The molecule has 1 aliphatic heterocycles. The van der Waals surface area contributed by atoms with Crippen LogP contribution >= 0.6 is 0 Å². The summed E-state index contributed by atoms with van der Waals surface area (Å²) in [7, 11) is 1.67. The molecule has 2 aliphatic rings. The first-order chi connectivity index (χ1) is 12.2. The summed E-state index contributed by atoms with van der Waals surface area (Å²) in [6.07, 6.45) is 3.00. The first kappa shape index (κ1) is 15.8. The molecule has 1 heterocycles. The fourth-order valence-electron chi connectivity index (χ4n) is 3.49. The molecule has 130 valence electrons. The molecule has 0 saturated heterocycles. The Kier molecular flexibility index (Phi) is 4.22. The van der Waals surface area contributed by atoms with Gasteiger partial charge in [-0.2, -0.15) is 0 Å². The summed E-state index contributed by atoms with van der Waals surface area (Å²) in [5.74, 6) is 2.09. The van der Waals surface area contributed by atoms with Crippen LogP contribution in [-0.4, -0.2) is 26.2 Å². The number of rotatable bonds is 3. The predicted octanol–water partition coefficient (Wildman–Crippen LogP) is 3.27. The average molecular weight is 339 g/mol. The molecule has 0 bridgehead atoms. The van der Waals surface area contributed by atoms with Gasteiger partial charge in [0, 0.05) is 5.56 Å². The lowest BCUT2D eigenvalue weighted by Crippen LogP contribution is -2.31. The molecule has 0 unspecified atom stereocenters. The van der Waals surface area contributed by atoms with Crippen LogP contribution < -0.4 is 19.5 Å². The molecule has 0 spiro atoms. The van der Waals surface area contributed by atoms with Crippen molar-refractivity contribution in [2.45, 2.75) is 25.3 Å². The van der Waals surface area contributed by atoms with E-state index in [9.17, 15) is 4.79 Å². The van der Waals surface area contributed by atoms with Crippen LogP contribution in [0.4, 0.5) is 0 Å². The summed E-state index contributed by atoms with van der Waals surface area (Å²) in [5.41, 5.74) is 3.01. The fraction of sp³-hybridized carbons (Fsp3) is 0.350. The van der Waals surface area contributed by atoms with E-state index >= 15 is 0 Å². The highest BCUT2D eigenvalue weighted by atomic mass is 16.6. The quantitative estimate of drug-likeness (QED) is 0.932. The number of nitrogens with one attached hydrogen (secondary N) is 1. The Labute approximate surface area is 146 Å². The topological polar surface area (TPSA) is 56.8 Å². The highest BCUT2D eigenvalue weighted by molar-refractivity contribution is 5.95. The van der Waals surface area contributed by atoms with Gasteiger partial charge < -0.3 is 19.5 Å². The maximum atomic E-state index is 12.7. The number of benzene rings is 2. The zero-order chi connectivity index (χ0) is 17.2. The Bertz CT molecular complexity index is 802. The molecule has 5 heteroatoms. The van der Waals surface area contributed by atoms with E-state index in [-0.39, 0.29) is 11.9 Å². The van der Waals surface area contributed by atoms with Gasteiger partial charge in [-0.3, -0.25) is 4.79 Å². The second-order valence-electron chi connectivity index (χ2n) is 6.34. The Balaban J connectivity index is 1.54. The molecule has 1 atom stereocenters. The molecule has 2 aromatic rings. The van der Waals surface area contributed by atoms with Crippen molar-refractivity contribution in [2.24, 2.45) is 0 Å². The maximum Gasteiger partial charge on any atom is 0.251 e. The van der Waals surface area contributed by atoms with Gasteiger partial charge >= 0.3 is 0 Å². The fourth-order valence-corrected chi connectivity index (χ4v) is 3.49. The lowest BCUT2D eigenvalue weighted by molar-refractivity contribution is 0.0931. The number of carbonyl (C=O) groups excluding carboxylic acids is 1. The Morgan fingerprint density at radius 3 is 2.80 bits per heavy atom. The van der Waals surface area contributed by atoms with Gasteiger partial charge in [-0.1, -0.05) is 6.07 Å². The minimum Gasteiger partial charge on any atom is -0.497 e. The number of amides is 1. The van der Waals surface area contributed by atoms with Gasteiger partial charge in [0.15, 0.2) is 11.5 Å². The van der Waals surface area contributed by atoms with Gasteiger partial charge in [-0.15, -0.1) is 0 Å². The molecular formula is C20H21NO4. The standard InChI is InChI=1S/C20H21NO4/c1-23-15-6-7-16-13(11-15)3-2-4-17(16)21-20(22)14-5-8-18-19(12-14)25-10-9-24-18/h5-8,11-12,17H,2-4,9-10H2,1H3,(H,21,22)/t17-/m1/s1. The first-order valence-electron chi connectivity index (χ1n) is 8.62. The minimum absolute atomic E-state index is 0.0235. The third-order valence-electron chi connectivity index (χ3n) is 4.77. The number of ether oxygens (including phenoxy) is 3. The Morgan fingerprint density at radius 1 is 1.12 bits per heavy atom. The van der Waals surface area contributed by atoms with E-state index < -0.39 is 0 Å². The van der Waals surface area contributed by atoms with Crippen molar-refractivity contribution in [3.05, 3.63) is 53.1 Å². The van der Waals surface area contributed by atoms with E-state index in [0.29, 0.717) is 30.3 Å². The number of methoxy groups -OCH3 is 1. The van der Waals surface area contributed by atoms with Crippen molar-refractivity contribution in [1.29, 1.82) is 0 Å². The third-order valence-corrected chi connectivity index (χ3v) is 4.77. The second kappa shape index (κ2) is 6.67. The van der Waals surface area contributed by atoms with Crippen molar-refractivity contribution in [3.8, 4) is 17.2 Å². The molecule has 1 amide bonds. The third kappa shape index (κ3) is 3.14. The Hall–Kier alpha value is -2.69. The van der Waals surface area contributed by atoms with Crippen molar-refractivity contribution >= 4 is 5.91 Å². The van der Waals surface area contributed by atoms with E-state index in [2.05, 4.69) is 17.4 Å². The summed E-state index contributed by atoms with van der Waals surface area (Å²) >= 11 is 0. The van der Waals surface area contributed by atoms with Gasteiger partial charge in [-0.05, 0) is 60.7 Å². The monoisotopic (exact) mass is 339 g/mol. The smallest absolute Gasteiger partial charge is 0.251 e. The van der Waals surface area contributed by atoms with Crippen molar-refractivity contribution in [1.82, 2.24) is 5.32 Å². The van der Waals surface area contributed by atoms with Crippen molar-refractivity contribution in [2.75, 3.05) is 20.3 Å². The van der Waals surface area contributed by atoms with Crippen LogP contribution in [0.25, 0.3) is 0 Å². The number of fused-ring (bicyclic) bond motifs is 2. The van der Waals surface area contributed by atoms with Crippen LogP contribution in [0.15, 0.2) is 36.4 Å². The zero-order valence-corrected chi connectivity index (χ0v) is 14.2. The minimum atomic E-state index is -0.0920. The normalized spacial score (nSPS) is 18.2. The summed E-state index contributed by atoms with van der Waals surface area (Å²) < 4.78 is 16.4. The van der Waals surface area contributed by atoms with Crippen LogP contribution in [0.1, 0.15) is 40.4 Å². The molecule has 5 nitrogen and oxygen atoms in total. The van der Waals surface area contributed by atoms with E-state index in [1.54, 1.807) is 25.3 Å². The lowest BCUT2D eigenvalue weighted by Gasteiger charge is -2.27. The Morgan fingerprint density at radius 2 is 1.96 bits per heavy atom. The van der Waals surface area contributed by atoms with Gasteiger partial charge in [0.2, 0.25) is 0 Å². The molecule has 4 rings (SSSR count). The number of aryl methyl sites for hydroxylation is 1. The van der Waals surface area contributed by atoms with Crippen molar-refractivity contribution in [3.63, 3.8) is 0 Å². The molecule has 0 aromatic heterocycles. The molecule has 0 radical (unpaired) electrons. The van der Waals surface area contributed by atoms with E-state index in [1.165, 1.54) is 11.1 Å².